The van der Waals surface area contributed by atoms with Gasteiger partial charge in [-0.25, -0.2) is 4.39 Å². The summed E-state index contributed by atoms with van der Waals surface area (Å²) >= 11 is 0. The van der Waals surface area contributed by atoms with Crippen molar-refractivity contribution in [2.24, 2.45) is 5.73 Å². The number of unbranched alkanes of at least 4 members (excludes halogenated alkanes) is 3. The highest BCUT2D eigenvalue weighted by atomic mass is 35.5. The maximum absolute atomic E-state index is 12.7. The number of carbonyl (C=O) groups is 1. The molecule has 0 aliphatic rings. The van der Waals surface area contributed by atoms with Crippen molar-refractivity contribution >= 4 is 18.3 Å². The molecule has 0 fully saturated rings. The lowest BCUT2D eigenvalue weighted by molar-refractivity contribution is -0.121. The molecular formula is C15H24ClFN2O. The molecular weight excluding hydrogens is 279 g/mol. The van der Waals surface area contributed by atoms with Gasteiger partial charge in [0.05, 0.1) is 0 Å². The van der Waals surface area contributed by atoms with Crippen molar-refractivity contribution in [3.8, 4) is 0 Å². The van der Waals surface area contributed by atoms with Crippen LogP contribution in [0.3, 0.4) is 0 Å². The summed E-state index contributed by atoms with van der Waals surface area (Å²) in [6.07, 6.45) is 5.42. The van der Waals surface area contributed by atoms with Gasteiger partial charge in [-0.1, -0.05) is 25.0 Å². The van der Waals surface area contributed by atoms with Gasteiger partial charge < -0.3 is 11.1 Å². The molecule has 1 amide bonds. The van der Waals surface area contributed by atoms with E-state index in [1.54, 1.807) is 12.1 Å². The summed E-state index contributed by atoms with van der Waals surface area (Å²) in [5.41, 5.74) is 6.43. The highest BCUT2D eigenvalue weighted by Crippen LogP contribution is 2.04. The van der Waals surface area contributed by atoms with Gasteiger partial charge in [0.15, 0.2) is 0 Å². The zero-order valence-corrected chi connectivity index (χ0v) is 12.6. The molecule has 20 heavy (non-hydrogen) atoms. The predicted octanol–water partition coefficient (Wildman–Crippen LogP) is 2.82. The first-order valence-corrected chi connectivity index (χ1v) is 6.93. The number of hydrogen-bond donors (Lipinski definition) is 2. The van der Waals surface area contributed by atoms with Crippen LogP contribution in [0.2, 0.25) is 0 Å². The summed E-state index contributed by atoms with van der Waals surface area (Å²) in [6.45, 7) is 1.33. The first-order chi connectivity index (χ1) is 9.22. The number of hydrogen-bond acceptors (Lipinski definition) is 2. The monoisotopic (exact) mass is 302 g/mol. The van der Waals surface area contributed by atoms with E-state index in [9.17, 15) is 9.18 Å². The molecule has 3 N–H and O–H groups in total. The van der Waals surface area contributed by atoms with Gasteiger partial charge in [0, 0.05) is 13.0 Å². The van der Waals surface area contributed by atoms with Gasteiger partial charge in [0.1, 0.15) is 5.82 Å². The minimum atomic E-state index is -0.231. The van der Waals surface area contributed by atoms with Crippen LogP contribution in [-0.2, 0) is 11.2 Å². The van der Waals surface area contributed by atoms with Crippen LogP contribution in [0.4, 0.5) is 4.39 Å². The molecule has 1 rings (SSSR count). The molecule has 1 aromatic rings. The predicted molar refractivity (Wildman–Crippen MR) is 82.5 cm³/mol. The third-order valence-electron chi connectivity index (χ3n) is 3.01. The van der Waals surface area contributed by atoms with Gasteiger partial charge >= 0.3 is 0 Å². The molecule has 1 aromatic carbocycles. The van der Waals surface area contributed by atoms with E-state index < -0.39 is 0 Å². The van der Waals surface area contributed by atoms with Crippen LogP contribution in [0.1, 0.15) is 37.7 Å². The van der Waals surface area contributed by atoms with Crippen molar-refractivity contribution in [2.45, 2.75) is 38.5 Å². The Balaban J connectivity index is 0.00000361. The van der Waals surface area contributed by atoms with Crippen molar-refractivity contribution in [1.29, 1.82) is 0 Å². The highest BCUT2D eigenvalue weighted by molar-refractivity contribution is 5.85. The Morgan fingerprint density at radius 2 is 1.75 bits per heavy atom. The maximum atomic E-state index is 12.7. The van der Waals surface area contributed by atoms with Crippen molar-refractivity contribution in [2.75, 3.05) is 13.1 Å². The summed E-state index contributed by atoms with van der Waals surface area (Å²) in [5.74, 6) is -0.139. The van der Waals surface area contributed by atoms with Crippen LogP contribution in [0.25, 0.3) is 0 Å². The van der Waals surface area contributed by atoms with Crippen LogP contribution in [-0.4, -0.2) is 19.0 Å². The first kappa shape index (κ1) is 18.9. The Kier molecular flexibility index (Phi) is 11.0. The molecule has 0 aliphatic heterocycles. The largest absolute Gasteiger partial charge is 0.356 e. The van der Waals surface area contributed by atoms with E-state index in [2.05, 4.69) is 5.32 Å². The van der Waals surface area contributed by atoms with E-state index in [-0.39, 0.29) is 24.1 Å². The first-order valence-electron chi connectivity index (χ1n) is 6.93. The molecule has 0 heterocycles. The van der Waals surface area contributed by atoms with Gasteiger partial charge in [-0.15, -0.1) is 12.4 Å². The van der Waals surface area contributed by atoms with Crippen molar-refractivity contribution in [1.82, 2.24) is 5.32 Å². The van der Waals surface area contributed by atoms with Gasteiger partial charge in [-0.2, -0.15) is 0 Å². The fourth-order valence-corrected chi connectivity index (χ4v) is 1.87. The van der Waals surface area contributed by atoms with Crippen LogP contribution < -0.4 is 11.1 Å². The fourth-order valence-electron chi connectivity index (χ4n) is 1.87. The van der Waals surface area contributed by atoms with E-state index in [4.69, 9.17) is 5.73 Å². The summed E-state index contributed by atoms with van der Waals surface area (Å²) in [4.78, 5) is 11.5. The van der Waals surface area contributed by atoms with Crippen molar-refractivity contribution < 1.29 is 9.18 Å². The average molecular weight is 303 g/mol. The highest BCUT2D eigenvalue weighted by Gasteiger charge is 2.01. The minimum absolute atomic E-state index is 0. The van der Waals surface area contributed by atoms with Crippen LogP contribution in [0.5, 0.6) is 0 Å². The van der Waals surface area contributed by atoms with Gasteiger partial charge in [0.25, 0.3) is 0 Å². The maximum Gasteiger partial charge on any atom is 0.220 e. The van der Waals surface area contributed by atoms with E-state index in [1.165, 1.54) is 12.1 Å². The molecule has 0 radical (unpaired) electrons. The quantitative estimate of drug-likeness (QED) is 0.689. The lowest BCUT2D eigenvalue weighted by Crippen LogP contribution is -2.25. The molecule has 3 nitrogen and oxygen atoms in total. The molecule has 0 unspecified atom stereocenters. The fraction of sp³-hybridized carbons (Fsp3) is 0.533. The Bertz CT molecular complexity index is 371. The Hall–Kier alpha value is -1.13. The Morgan fingerprint density at radius 1 is 1.10 bits per heavy atom. The number of halogens is 2. The molecule has 0 saturated carbocycles. The third-order valence-corrected chi connectivity index (χ3v) is 3.01. The summed E-state index contributed by atoms with van der Waals surface area (Å²) in [7, 11) is 0. The Labute approximate surface area is 126 Å². The molecule has 0 aromatic heterocycles. The number of amides is 1. The lowest BCUT2D eigenvalue weighted by Gasteiger charge is -2.05. The van der Waals surface area contributed by atoms with Crippen molar-refractivity contribution in [3.05, 3.63) is 35.6 Å². The van der Waals surface area contributed by atoms with E-state index in [0.29, 0.717) is 13.0 Å². The average Bonchev–Trinajstić information content (AvgIpc) is 2.41. The van der Waals surface area contributed by atoms with Gasteiger partial charge in [-0.05, 0) is 43.5 Å². The summed E-state index contributed by atoms with van der Waals surface area (Å²) < 4.78 is 12.7. The second-order valence-corrected chi connectivity index (χ2v) is 4.68. The Morgan fingerprint density at radius 3 is 2.40 bits per heavy atom. The normalized spacial score (nSPS) is 9.90. The number of nitrogens with one attached hydrogen (secondary N) is 1. The second kappa shape index (κ2) is 11.7. The number of benzene rings is 1. The van der Waals surface area contributed by atoms with Crippen molar-refractivity contribution in [3.63, 3.8) is 0 Å². The van der Waals surface area contributed by atoms with E-state index >= 15 is 0 Å². The summed E-state index contributed by atoms with van der Waals surface area (Å²) in [6, 6.07) is 6.37. The number of nitrogens with two attached hydrogens (primary N) is 1. The van der Waals surface area contributed by atoms with Crippen LogP contribution in [0.15, 0.2) is 24.3 Å². The van der Waals surface area contributed by atoms with E-state index in [0.717, 1.165) is 44.2 Å². The molecule has 5 heteroatoms. The number of rotatable bonds is 9. The minimum Gasteiger partial charge on any atom is -0.356 e. The molecule has 0 saturated heterocycles. The molecule has 0 bridgehead atoms. The third kappa shape index (κ3) is 8.88. The summed E-state index contributed by atoms with van der Waals surface area (Å²) in [5, 5.41) is 2.88. The molecule has 0 spiro atoms. The molecule has 0 atom stereocenters. The second-order valence-electron chi connectivity index (χ2n) is 4.68. The standard InChI is InChI=1S/C15H23FN2O.ClH/c16-14-8-6-13(7-9-14)10-12-18-15(19)5-3-1-2-4-11-17;/h6-9H,1-5,10-12,17H2,(H,18,19);1H. The zero-order valence-electron chi connectivity index (χ0n) is 11.7. The van der Waals surface area contributed by atoms with Gasteiger partial charge in [-0.3, -0.25) is 4.79 Å². The molecule has 114 valence electrons. The topological polar surface area (TPSA) is 55.1 Å². The molecule has 0 aliphatic carbocycles. The van der Waals surface area contributed by atoms with Crippen LogP contribution >= 0.6 is 12.4 Å². The smallest absolute Gasteiger partial charge is 0.220 e. The van der Waals surface area contributed by atoms with Gasteiger partial charge in [0.2, 0.25) is 5.91 Å². The SMILES string of the molecule is Cl.NCCCCCCC(=O)NCCc1ccc(F)cc1. The zero-order chi connectivity index (χ0) is 13.9. The van der Waals surface area contributed by atoms with Crippen LogP contribution in [0, 0.1) is 5.82 Å². The lowest BCUT2D eigenvalue weighted by atomic mass is 10.1. The number of carbonyl (C=O) groups excluding carboxylic acids is 1. The van der Waals surface area contributed by atoms with E-state index in [1.807, 2.05) is 0 Å².